The molecule has 3 aromatic rings. The van der Waals surface area contributed by atoms with Crippen molar-refractivity contribution in [2.24, 2.45) is 12.0 Å². The first kappa shape index (κ1) is 11.5. The normalized spacial score (nSPS) is 18.3. The molecule has 1 aromatic carbocycles. The first-order chi connectivity index (χ1) is 10.8. The van der Waals surface area contributed by atoms with Gasteiger partial charge in [0.1, 0.15) is 12.7 Å². The Bertz CT molecular complexity index is 892. The molecule has 2 aliphatic rings. The number of hydrogen-bond donors (Lipinski definition) is 0. The van der Waals surface area contributed by atoms with Gasteiger partial charge in [-0.1, -0.05) is 23.4 Å². The summed E-state index contributed by atoms with van der Waals surface area (Å²) in [5.41, 5.74) is 2.24. The van der Waals surface area contributed by atoms with Crippen molar-refractivity contribution in [1.82, 2.24) is 24.5 Å². The molecule has 0 saturated carbocycles. The third-order valence-electron chi connectivity index (χ3n) is 3.93. The molecule has 4 heterocycles. The van der Waals surface area contributed by atoms with Crippen molar-refractivity contribution in [3.8, 4) is 5.69 Å². The van der Waals surface area contributed by atoms with Crippen LogP contribution in [0.25, 0.3) is 5.69 Å². The van der Waals surface area contributed by atoms with Gasteiger partial charge in [-0.05, 0) is 6.07 Å². The average molecular weight is 292 g/mol. The van der Waals surface area contributed by atoms with Gasteiger partial charge in [0.05, 0.1) is 18.1 Å². The number of imidazole rings is 1. The molecule has 8 heteroatoms. The molecule has 0 radical (unpaired) electrons. The Morgan fingerprint density at radius 1 is 1.18 bits per heavy atom. The summed E-state index contributed by atoms with van der Waals surface area (Å²) in [5.74, 6) is 1.67. The zero-order valence-corrected chi connectivity index (χ0v) is 11.8. The van der Waals surface area contributed by atoms with Gasteiger partial charge in [-0.25, -0.2) is 20.0 Å². The van der Waals surface area contributed by atoms with Crippen LogP contribution in [0.4, 0.5) is 11.6 Å². The van der Waals surface area contributed by atoms with Gasteiger partial charge in [0.2, 0.25) is 0 Å². The van der Waals surface area contributed by atoms with E-state index in [-0.39, 0.29) is 6.17 Å². The molecule has 0 saturated heterocycles. The van der Waals surface area contributed by atoms with Crippen LogP contribution in [0.15, 0.2) is 48.0 Å². The molecule has 8 nitrogen and oxygen atoms in total. The van der Waals surface area contributed by atoms with Crippen LogP contribution < -0.4 is 10.0 Å². The van der Waals surface area contributed by atoms with E-state index in [0.717, 1.165) is 22.9 Å². The standard InChI is InChI=1S/C14H12N8/c1-19-7-12(17-18-19)21-9-16-14-10-4-2-3-5-11(10)20-8-15-6-13(20)22(14)21/h2-9,14H,1H3. The summed E-state index contributed by atoms with van der Waals surface area (Å²) < 4.78 is 3.73. The summed E-state index contributed by atoms with van der Waals surface area (Å²) in [6.45, 7) is 0. The lowest BCUT2D eigenvalue weighted by Crippen LogP contribution is -2.42. The quantitative estimate of drug-likeness (QED) is 0.676. The monoisotopic (exact) mass is 292 g/mol. The van der Waals surface area contributed by atoms with Crippen LogP contribution in [-0.2, 0) is 7.05 Å². The summed E-state index contributed by atoms with van der Waals surface area (Å²) >= 11 is 0. The summed E-state index contributed by atoms with van der Waals surface area (Å²) in [4.78, 5) is 8.95. The fourth-order valence-electron chi connectivity index (χ4n) is 2.99. The predicted octanol–water partition coefficient (Wildman–Crippen LogP) is 1.28. The number of hydrogen-bond acceptors (Lipinski definition) is 6. The molecule has 22 heavy (non-hydrogen) atoms. The number of aliphatic imine (C=N–C) groups is 1. The van der Waals surface area contributed by atoms with Crippen LogP contribution in [0.5, 0.6) is 0 Å². The number of aromatic nitrogens is 5. The molecule has 0 bridgehead atoms. The molecule has 0 aliphatic carbocycles. The van der Waals surface area contributed by atoms with E-state index in [1.807, 2.05) is 42.9 Å². The summed E-state index contributed by atoms with van der Waals surface area (Å²) in [6, 6.07) is 8.22. The zero-order valence-electron chi connectivity index (χ0n) is 11.8. The SMILES string of the molecule is Cn1cc(N2C=NC3c4ccccc4-n4cncc4N32)nn1. The Balaban J connectivity index is 1.70. The van der Waals surface area contributed by atoms with Crippen molar-refractivity contribution < 1.29 is 0 Å². The van der Waals surface area contributed by atoms with E-state index in [0.29, 0.717) is 0 Å². The van der Waals surface area contributed by atoms with Gasteiger partial charge >= 0.3 is 0 Å². The number of benzene rings is 1. The summed E-state index contributed by atoms with van der Waals surface area (Å²) in [7, 11) is 1.84. The van der Waals surface area contributed by atoms with Gasteiger partial charge in [-0.2, -0.15) is 0 Å². The van der Waals surface area contributed by atoms with Gasteiger partial charge in [-0.15, -0.1) is 5.10 Å². The lowest BCUT2D eigenvalue weighted by atomic mass is 10.1. The predicted molar refractivity (Wildman–Crippen MR) is 80.8 cm³/mol. The lowest BCUT2D eigenvalue weighted by molar-refractivity contribution is 0.657. The van der Waals surface area contributed by atoms with Crippen LogP contribution in [-0.4, -0.2) is 30.9 Å². The Morgan fingerprint density at radius 2 is 2.09 bits per heavy atom. The van der Waals surface area contributed by atoms with Crippen molar-refractivity contribution in [1.29, 1.82) is 0 Å². The zero-order chi connectivity index (χ0) is 14.7. The number of hydrazine groups is 1. The molecule has 1 atom stereocenters. The van der Waals surface area contributed by atoms with Gasteiger partial charge in [0.15, 0.2) is 17.8 Å². The number of nitrogens with zero attached hydrogens (tertiary/aromatic N) is 8. The molecule has 5 rings (SSSR count). The minimum Gasteiger partial charge on any atom is -0.284 e. The van der Waals surface area contributed by atoms with E-state index in [2.05, 4.69) is 42.0 Å². The fourth-order valence-corrected chi connectivity index (χ4v) is 2.99. The van der Waals surface area contributed by atoms with Crippen LogP contribution in [0.2, 0.25) is 0 Å². The highest BCUT2D eigenvalue weighted by Crippen LogP contribution is 2.42. The Kier molecular flexibility index (Phi) is 2.06. The van der Waals surface area contributed by atoms with Crippen molar-refractivity contribution in [2.45, 2.75) is 6.17 Å². The van der Waals surface area contributed by atoms with E-state index >= 15 is 0 Å². The Morgan fingerprint density at radius 3 is 2.95 bits per heavy atom. The smallest absolute Gasteiger partial charge is 0.195 e. The number of rotatable bonds is 1. The van der Waals surface area contributed by atoms with E-state index in [1.54, 1.807) is 11.0 Å². The Hall–Kier alpha value is -3.16. The third-order valence-corrected chi connectivity index (χ3v) is 3.93. The van der Waals surface area contributed by atoms with E-state index in [1.165, 1.54) is 0 Å². The van der Waals surface area contributed by atoms with Gasteiger partial charge in [-0.3, -0.25) is 9.25 Å². The molecule has 0 amide bonds. The molecule has 2 aliphatic heterocycles. The second-order valence-electron chi connectivity index (χ2n) is 5.26. The second kappa shape index (κ2) is 3.94. The molecule has 0 N–H and O–H groups in total. The maximum absolute atomic E-state index is 4.65. The molecular formula is C14H12N8. The van der Waals surface area contributed by atoms with Crippen LogP contribution in [0.3, 0.4) is 0 Å². The molecule has 1 unspecified atom stereocenters. The maximum Gasteiger partial charge on any atom is 0.195 e. The van der Waals surface area contributed by atoms with E-state index in [9.17, 15) is 0 Å². The van der Waals surface area contributed by atoms with Crippen LogP contribution in [0.1, 0.15) is 11.7 Å². The second-order valence-corrected chi connectivity index (χ2v) is 5.26. The summed E-state index contributed by atoms with van der Waals surface area (Å²) in [6.07, 6.45) is 7.19. The van der Waals surface area contributed by atoms with E-state index < -0.39 is 0 Å². The number of aryl methyl sites for hydroxylation is 1. The Labute approximate surface area is 125 Å². The minimum absolute atomic E-state index is 0.109. The highest BCUT2D eigenvalue weighted by Gasteiger charge is 2.38. The first-order valence-electron chi connectivity index (χ1n) is 6.92. The first-order valence-corrected chi connectivity index (χ1v) is 6.92. The average Bonchev–Trinajstić information content (AvgIpc) is 3.25. The highest BCUT2D eigenvalue weighted by molar-refractivity contribution is 5.86. The highest BCUT2D eigenvalue weighted by atomic mass is 15.7. The van der Waals surface area contributed by atoms with Gasteiger partial charge in [0.25, 0.3) is 0 Å². The maximum atomic E-state index is 4.65. The minimum atomic E-state index is -0.109. The molecule has 2 aromatic heterocycles. The fraction of sp³-hybridized carbons (Fsp3) is 0.143. The van der Waals surface area contributed by atoms with Crippen molar-refractivity contribution >= 4 is 18.0 Å². The largest absolute Gasteiger partial charge is 0.284 e. The third kappa shape index (κ3) is 1.36. The van der Waals surface area contributed by atoms with Gasteiger partial charge in [0, 0.05) is 12.6 Å². The lowest BCUT2D eigenvalue weighted by Gasteiger charge is -2.36. The van der Waals surface area contributed by atoms with Crippen LogP contribution >= 0.6 is 0 Å². The van der Waals surface area contributed by atoms with E-state index in [4.69, 9.17) is 0 Å². The number of anilines is 2. The number of fused-ring (bicyclic) bond motifs is 6. The van der Waals surface area contributed by atoms with Crippen molar-refractivity contribution in [2.75, 3.05) is 10.0 Å². The number of para-hydroxylation sites is 1. The summed E-state index contributed by atoms with van der Waals surface area (Å²) in [5, 5.41) is 12.2. The van der Waals surface area contributed by atoms with Crippen molar-refractivity contribution in [3.05, 3.63) is 48.5 Å². The van der Waals surface area contributed by atoms with Gasteiger partial charge < -0.3 is 0 Å². The molecular weight excluding hydrogens is 280 g/mol. The molecule has 0 spiro atoms. The molecule has 108 valence electrons. The topological polar surface area (TPSA) is 67.4 Å². The van der Waals surface area contributed by atoms with Crippen LogP contribution in [0, 0.1) is 0 Å². The van der Waals surface area contributed by atoms with Crippen molar-refractivity contribution in [3.63, 3.8) is 0 Å². The molecule has 0 fully saturated rings.